The zero-order valence-electron chi connectivity index (χ0n) is 25.7. The smallest absolute Gasteiger partial charge is 0.246 e. The van der Waals surface area contributed by atoms with Crippen molar-refractivity contribution in [2.24, 2.45) is 17.3 Å². The first-order valence-electron chi connectivity index (χ1n) is 17.1. The Bertz CT molecular complexity index is 906. The maximum atomic E-state index is 13.9. The van der Waals surface area contributed by atoms with E-state index in [2.05, 4.69) is 22.9 Å². The molecule has 9 heteroatoms. The second-order valence-corrected chi connectivity index (χ2v) is 15.3. The van der Waals surface area contributed by atoms with Gasteiger partial charge in [-0.05, 0) is 82.5 Å². The monoisotopic (exact) mass is 611 g/mol. The third-order valence-electron chi connectivity index (χ3n) is 11.5. The number of piperidine rings is 1. The standard InChI is InChI=1S/C33H55ClFN3O4/c1-22-16-24(37-28(17-22)23-8-6-4-2-3-5-7-9-23)20-36-31(41)33-14-12-32(13-15-33,19-29(33)39)38-30(40)21-42-25-10-11-26(34)27(35)18-25/h22-29,37,39H,2-21H2,1H3,(H,36,41)(H,38,40). The first-order valence-corrected chi connectivity index (χ1v) is 17.5. The highest BCUT2D eigenvalue weighted by molar-refractivity contribution is 6.21. The summed E-state index contributed by atoms with van der Waals surface area (Å²) in [6.07, 6.45) is 15.1. The van der Waals surface area contributed by atoms with E-state index in [9.17, 15) is 19.1 Å². The topological polar surface area (TPSA) is 99.7 Å². The maximum absolute atomic E-state index is 13.9. The van der Waals surface area contributed by atoms with E-state index < -0.39 is 28.6 Å². The molecular weight excluding hydrogens is 557 g/mol. The average Bonchev–Trinajstić information content (AvgIpc) is 3.11. The van der Waals surface area contributed by atoms with E-state index in [1.807, 2.05) is 0 Å². The van der Waals surface area contributed by atoms with Crippen molar-refractivity contribution in [2.75, 3.05) is 13.2 Å². The molecule has 0 aromatic rings. The van der Waals surface area contributed by atoms with E-state index in [1.54, 1.807) is 0 Å². The predicted molar refractivity (Wildman–Crippen MR) is 163 cm³/mol. The van der Waals surface area contributed by atoms with Crippen molar-refractivity contribution in [1.29, 1.82) is 0 Å². The molecule has 6 rings (SSSR count). The van der Waals surface area contributed by atoms with Crippen LogP contribution in [0.25, 0.3) is 0 Å². The molecule has 7 atom stereocenters. The molecule has 0 radical (unpaired) electrons. The average molecular weight is 612 g/mol. The number of aliphatic hydroxyl groups is 1. The Morgan fingerprint density at radius 2 is 1.67 bits per heavy atom. The molecule has 7 nitrogen and oxygen atoms in total. The second kappa shape index (κ2) is 14.4. The Kier molecular flexibility index (Phi) is 11.1. The molecule has 0 spiro atoms. The largest absolute Gasteiger partial charge is 0.392 e. The van der Waals surface area contributed by atoms with Crippen LogP contribution >= 0.6 is 11.6 Å². The van der Waals surface area contributed by atoms with Crippen LogP contribution in [0, 0.1) is 17.3 Å². The maximum Gasteiger partial charge on any atom is 0.246 e. The van der Waals surface area contributed by atoms with E-state index in [4.69, 9.17) is 16.3 Å². The van der Waals surface area contributed by atoms with E-state index in [0.29, 0.717) is 63.5 Å². The summed E-state index contributed by atoms with van der Waals surface area (Å²) in [6.45, 7) is 2.83. The highest BCUT2D eigenvalue weighted by Gasteiger charge is 2.58. The van der Waals surface area contributed by atoms with Crippen LogP contribution in [0.15, 0.2) is 0 Å². The van der Waals surface area contributed by atoms with Crippen LogP contribution in [0.2, 0.25) is 0 Å². The molecule has 1 heterocycles. The van der Waals surface area contributed by atoms with Gasteiger partial charge in [0, 0.05) is 30.6 Å². The molecule has 1 aliphatic heterocycles. The fourth-order valence-electron chi connectivity index (χ4n) is 8.94. The number of hydrogen-bond acceptors (Lipinski definition) is 5. The predicted octanol–water partition coefficient (Wildman–Crippen LogP) is 5.30. The lowest BCUT2D eigenvalue weighted by molar-refractivity contribution is -0.157. The lowest BCUT2D eigenvalue weighted by Gasteiger charge is -2.55. The van der Waals surface area contributed by atoms with Gasteiger partial charge in [-0.3, -0.25) is 9.59 Å². The van der Waals surface area contributed by atoms with Gasteiger partial charge in [0.15, 0.2) is 0 Å². The van der Waals surface area contributed by atoms with E-state index in [0.717, 1.165) is 12.3 Å². The van der Waals surface area contributed by atoms with Crippen molar-refractivity contribution >= 4 is 23.4 Å². The Morgan fingerprint density at radius 1 is 0.976 bits per heavy atom. The molecule has 0 aromatic carbocycles. The first-order chi connectivity index (χ1) is 20.2. The number of alkyl halides is 2. The number of rotatable bonds is 8. The van der Waals surface area contributed by atoms with Crippen molar-refractivity contribution < 1.29 is 23.8 Å². The highest BCUT2D eigenvalue weighted by atomic mass is 35.5. The first kappa shape index (κ1) is 32.4. The molecule has 2 amide bonds. The van der Waals surface area contributed by atoms with Crippen LogP contribution in [0.1, 0.15) is 122 Å². The molecule has 2 bridgehead atoms. The van der Waals surface area contributed by atoms with Crippen molar-refractivity contribution in [3.63, 3.8) is 0 Å². The Balaban J connectivity index is 1.08. The van der Waals surface area contributed by atoms with Gasteiger partial charge < -0.3 is 25.8 Å². The molecule has 6 fully saturated rings. The van der Waals surface area contributed by atoms with Gasteiger partial charge in [-0.25, -0.2) is 4.39 Å². The number of amides is 2. The van der Waals surface area contributed by atoms with Crippen LogP contribution in [0.5, 0.6) is 0 Å². The van der Waals surface area contributed by atoms with E-state index in [-0.39, 0.29) is 37.0 Å². The van der Waals surface area contributed by atoms with Crippen LogP contribution in [-0.4, -0.2) is 71.5 Å². The summed E-state index contributed by atoms with van der Waals surface area (Å²) < 4.78 is 19.6. The number of nitrogens with one attached hydrogen (secondary N) is 3. The molecule has 6 aliphatic rings. The lowest BCUT2D eigenvalue weighted by Crippen LogP contribution is -2.66. The zero-order chi connectivity index (χ0) is 29.7. The van der Waals surface area contributed by atoms with Crippen LogP contribution in [-0.2, 0) is 14.3 Å². The van der Waals surface area contributed by atoms with Gasteiger partial charge in [0.05, 0.1) is 23.0 Å². The number of fused-ring (bicyclic) bond motifs is 3. The number of halogens is 2. The Hall–Kier alpha value is -0.960. The van der Waals surface area contributed by atoms with Gasteiger partial charge in [-0.2, -0.15) is 0 Å². The number of hydrogen-bond donors (Lipinski definition) is 4. The Morgan fingerprint density at radius 3 is 2.33 bits per heavy atom. The van der Waals surface area contributed by atoms with E-state index >= 15 is 0 Å². The normalized spacial score (nSPS) is 41.8. The summed E-state index contributed by atoms with van der Waals surface area (Å²) in [6, 6.07) is 0.797. The molecule has 4 N–H and O–H groups in total. The third-order valence-corrected chi connectivity index (χ3v) is 12.0. The quantitative estimate of drug-likeness (QED) is 0.279. The van der Waals surface area contributed by atoms with Gasteiger partial charge in [0.1, 0.15) is 12.8 Å². The highest BCUT2D eigenvalue weighted by Crippen LogP contribution is 2.52. The summed E-state index contributed by atoms with van der Waals surface area (Å²) in [4.78, 5) is 26.4. The third kappa shape index (κ3) is 7.81. The summed E-state index contributed by atoms with van der Waals surface area (Å²) >= 11 is 5.96. The van der Waals surface area contributed by atoms with Crippen molar-refractivity contribution in [3.05, 3.63) is 0 Å². The second-order valence-electron chi connectivity index (χ2n) is 14.7. The Labute approximate surface area is 257 Å². The number of aliphatic hydroxyl groups excluding tert-OH is 1. The van der Waals surface area contributed by atoms with Crippen molar-refractivity contribution in [1.82, 2.24) is 16.0 Å². The summed E-state index contributed by atoms with van der Waals surface area (Å²) in [5.41, 5.74) is -1.29. The van der Waals surface area contributed by atoms with Crippen LogP contribution < -0.4 is 16.0 Å². The number of ether oxygens (including phenoxy) is 1. The number of carbonyl (C=O) groups excluding carboxylic acids is 2. The lowest BCUT2D eigenvalue weighted by atomic mass is 9.55. The molecule has 240 valence electrons. The molecular formula is C33H55ClFN3O4. The minimum absolute atomic E-state index is 0.0346. The molecule has 7 unspecified atom stereocenters. The van der Waals surface area contributed by atoms with Crippen molar-refractivity contribution in [2.45, 2.75) is 164 Å². The van der Waals surface area contributed by atoms with Crippen LogP contribution in [0.3, 0.4) is 0 Å². The van der Waals surface area contributed by atoms with Gasteiger partial charge >= 0.3 is 0 Å². The van der Waals surface area contributed by atoms with Gasteiger partial charge in [-0.15, -0.1) is 11.6 Å². The molecule has 1 saturated heterocycles. The molecule has 0 aromatic heterocycles. The fraction of sp³-hybridized carbons (Fsp3) is 0.939. The van der Waals surface area contributed by atoms with Crippen LogP contribution in [0.4, 0.5) is 4.39 Å². The SMILES string of the molecule is CC1CC(CNC(=O)C23CCC(NC(=O)COC4CCC(Cl)C(F)C4)(CC2)CC3O)NC(C2CCCCCCCC2)C1. The summed E-state index contributed by atoms with van der Waals surface area (Å²) in [7, 11) is 0. The molecule has 5 saturated carbocycles. The summed E-state index contributed by atoms with van der Waals surface area (Å²) in [5.74, 6) is 1.10. The summed E-state index contributed by atoms with van der Waals surface area (Å²) in [5, 5.41) is 21.1. The minimum atomic E-state index is -1.10. The minimum Gasteiger partial charge on any atom is -0.392 e. The van der Waals surface area contributed by atoms with Gasteiger partial charge in [0.2, 0.25) is 11.8 Å². The van der Waals surface area contributed by atoms with Crippen molar-refractivity contribution in [3.8, 4) is 0 Å². The van der Waals surface area contributed by atoms with E-state index in [1.165, 1.54) is 57.8 Å². The van der Waals surface area contributed by atoms with Gasteiger partial charge in [0.25, 0.3) is 0 Å². The zero-order valence-corrected chi connectivity index (χ0v) is 26.4. The number of carbonyl (C=O) groups is 2. The van der Waals surface area contributed by atoms with Gasteiger partial charge in [-0.1, -0.05) is 45.4 Å². The molecule has 42 heavy (non-hydrogen) atoms. The fourth-order valence-corrected chi connectivity index (χ4v) is 9.16. The molecule has 5 aliphatic carbocycles.